The monoisotopic (exact) mass is 319 g/mol. The number of rotatable bonds is 10. The molecular formula is C15H33N3O2S. The van der Waals surface area contributed by atoms with Gasteiger partial charge in [0.1, 0.15) is 0 Å². The Hall–Kier alpha value is -0.170. The molecule has 0 amide bonds. The summed E-state index contributed by atoms with van der Waals surface area (Å²) in [5.41, 5.74) is 0. The van der Waals surface area contributed by atoms with Crippen molar-refractivity contribution in [1.29, 1.82) is 0 Å². The maximum absolute atomic E-state index is 12.2. The van der Waals surface area contributed by atoms with Crippen LogP contribution in [-0.2, 0) is 10.0 Å². The largest absolute Gasteiger partial charge is 0.313 e. The summed E-state index contributed by atoms with van der Waals surface area (Å²) in [7, 11) is -3.17. The summed E-state index contributed by atoms with van der Waals surface area (Å²) in [5, 5.41) is 3.30. The van der Waals surface area contributed by atoms with E-state index in [1.54, 1.807) is 0 Å². The zero-order valence-electron chi connectivity index (χ0n) is 13.9. The minimum absolute atomic E-state index is 0.0224. The average molecular weight is 320 g/mol. The van der Waals surface area contributed by atoms with E-state index >= 15 is 0 Å². The van der Waals surface area contributed by atoms with Crippen LogP contribution in [0.15, 0.2) is 0 Å². The van der Waals surface area contributed by atoms with Gasteiger partial charge in [0.2, 0.25) is 10.0 Å². The van der Waals surface area contributed by atoms with E-state index in [2.05, 4.69) is 28.8 Å². The van der Waals surface area contributed by atoms with Crippen molar-refractivity contribution in [3.63, 3.8) is 0 Å². The van der Waals surface area contributed by atoms with Crippen molar-refractivity contribution in [3.05, 3.63) is 0 Å². The lowest BCUT2D eigenvalue weighted by Crippen LogP contribution is -2.44. The minimum atomic E-state index is -3.17. The predicted octanol–water partition coefficient (Wildman–Crippen LogP) is 1.56. The molecule has 0 aromatic carbocycles. The van der Waals surface area contributed by atoms with Crippen LogP contribution in [0.25, 0.3) is 0 Å². The van der Waals surface area contributed by atoms with E-state index in [9.17, 15) is 8.42 Å². The fraction of sp³-hybridized carbons (Fsp3) is 1.00. The topological polar surface area (TPSA) is 61.4 Å². The van der Waals surface area contributed by atoms with Gasteiger partial charge in [-0.1, -0.05) is 20.3 Å². The lowest BCUT2D eigenvalue weighted by Gasteiger charge is -2.24. The van der Waals surface area contributed by atoms with Gasteiger partial charge >= 0.3 is 0 Å². The Bertz CT molecular complexity index is 363. The predicted molar refractivity (Wildman–Crippen MR) is 89.0 cm³/mol. The molecule has 5 nitrogen and oxygen atoms in total. The van der Waals surface area contributed by atoms with E-state index in [1.807, 2.05) is 6.92 Å². The summed E-state index contributed by atoms with van der Waals surface area (Å²) in [6.45, 7) is 10.4. The van der Waals surface area contributed by atoms with Crippen LogP contribution < -0.4 is 10.0 Å². The first-order valence-corrected chi connectivity index (χ1v) is 10.1. The zero-order chi connectivity index (χ0) is 15.7. The van der Waals surface area contributed by atoms with E-state index in [4.69, 9.17) is 0 Å². The number of piperidine rings is 1. The van der Waals surface area contributed by atoms with E-state index < -0.39 is 10.0 Å². The second-order valence-electron chi connectivity index (χ2n) is 6.12. The summed E-state index contributed by atoms with van der Waals surface area (Å²) in [6.07, 6.45) is 5.19. The Morgan fingerprint density at radius 2 is 2.00 bits per heavy atom. The average Bonchev–Trinajstić information content (AvgIpc) is 2.43. The third-order valence-electron chi connectivity index (χ3n) is 4.22. The molecule has 1 fully saturated rings. The molecule has 0 aliphatic carbocycles. The van der Waals surface area contributed by atoms with Gasteiger partial charge in [-0.15, -0.1) is 0 Å². The van der Waals surface area contributed by atoms with Crippen molar-refractivity contribution in [2.75, 3.05) is 31.9 Å². The molecule has 1 aliphatic rings. The molecule has 0 aromatic heterocycles. The van der Waals surface area contributed by atoms with Crippen molar-refractivity contribution in [1.82, 2.24) is 14.9 Å². The fourth-order valence-corrected chi connectivity index (χ4v) is 4.55. The van der Waals surface area contributed by atoms with Crippen molar-refractivity contribution in [2.45, 2.75) is 65.0 Å². The number of sulfonamides is 1. The maximum atomic E-state index is 12.2. The highest BCUT2D eigenvalue weighted by Crippen LogP contribution is 2.09. The van der Waals surface area contributed by atoms with Gasteiger partial charge in [-0.3, -0.25) is 0 Å². The Kier molecular flexibility index (Phi) is 8.78. The Labute approximate surface area is 130 Å². The van der Waals surface area contributed by atoms with E-state index in [-0.39, 0.29) is 17.8 Å². The molecule has 1 heterocycles. The Balaban J connectivity index is 2.26. The van der Waals surface area contributed by atoms with Crippen LogP contribution in [0.4, 0.5) is 0 Å². The molecule has 0 aromatic rings. The quantitative estimate of drug-likeness (QED) is 0.641. The number of hydrogen-bond donors (Lipinski definition) is 2. The Morgan fingerprint density at radius 1 is 1.29 bits per heavy atom. The molecule has 0 radical (unpaired) electrons. The first kappa shape index (κ1) is 18.9. The lowest BCUT2D eigenvalue weighted by atomic mass is 10.1. The minimum Gasteiger partial charge on any atom is -0.313 e. The third kappa shape index (κ3) is 8.14. The second-order valence-corrected chi connectivity index (χ2v) is 7.91. The van der Waals surface area contributed by atoms with Crippen molar-refractivity contribution >= 4 is 10.0 Å². The number of nitrogens with zero attached hydrogens (tertiary/aromatic N) is 1. The molecule has 21 heavy (non-hydrogen) atoms. The first-order chi connectivity index (χ1) is 9.96. The number of hydrogen-bond acceptors (Lipinski definition) is 4. The normalized spacial score (nSPS) is 21.6. The van der Waals surface area contributed by atoms with Gasteiger partial charge in [0.25, 0.3) is 0 Å². The van der Waals surface area contributed by atoms with E-state index in [0.29, 0.717) is 0 Å². The van der Waals surface area contributed by atoms with Gasteiger partial charge in [0.15, 0.2) is 0 Å². The summed E-state index contributed by atoms with van der Waals surface area (Å²) in [5.74, 6) is 0.216. The summed E-state index contributed by atoms with van der Waals surface area (Å²) < 4.78 is 27.1. The Morgan fingerprint density at radius 3 is 2.57 bits per heavy atom. The molecule has 0 saturated carbocycles. The van der Waals surface area contributed by atoms with Gasteiger partial charge in [-0.05, 0) is 58.8 Å². The third-order valence-corrected chi connectivity index (χ3v) is 5.82. The van der Waals surface area contributed by atoms with Gasteiger partial charge in [-0.25, -0.2) is 13.1 Å². The second kappa shape index (κ2) is 9.77. The van der Waals surface area contributed by atoms with E-state index in [0.717, 1.165) is 58.3 Å². The van der Waals surface area contributed by atoms with Crippen LogP contribution in [0.5, 0.6) is 0 Å². The van der Waals surface area contributed by atoms with Crippen molar-refractivity contribution < 1.29 is 8.42 Å². The fourth-order valence-electron chi connectivity index (χ4n) is 2.91. The zero-order valence-corrected chi connectivity index (χ0v) is 14.7. The highest BCUT2D eigenvalue weighted by Gasteiger charge is 2.22. The molecule has 6 heteroatoms. The highest BCUT2D eigenvalue weighted by atomic mass is 32.2. The van der Waals surface area contributed by atoms with Gasteiger partial charge in [0.05, 0.1) is 5.75 Å². The van der Waals surface area contributed by atoms with Crippen LogP contribution in [0.2, 0.25) is 0 Å². The van der Waals surface area contributed by atoms with Gasteiger partial charge in [-0.2, -0.15) is 0 Å². The molecule has 0 spiro atoms. The standard InChI is InChI=1S/C15H33N3O2S/c1-4-18(5-2)12-8-9-14(3)17-21(19,20)13-15-10-6-7-11-16-15/h14-17H,4-13H2,1-3H3. The van der Waals surface area contributed by atoms with Crippen LogP contribution >= 0.6 is 0 Å². The van der Waals surface area contributed by atoms with Gasteiger partial charge < -0.3 is 10.2 Å². The number of nitrogens with one attached hydrogen (secondary N) is 2. The summed E-state index contributed by atoms with van der Waals surface area (Å²) >= 11 is 0. The molecule has 2 atom stereocenters. The van der Waals surface area contributed by atoms with Crippen LogP contribution in [-0.4, -0.2) is 57.3 Å². The smallest absolute Gasteiger partial charge is 0.213 e. The SMILES string of the molecule is CCN(CC)CCCC(C)NS(=O)(=O)CC1CCCCN1. The molecule has 126 valence electrons. The first-order valence-electron chi connectivity index (χ1n) is 8.42. The molecule has 1 aliphatic heterocycles. The van der Waals surface area contributed by atoms with Crippen molar-refractivity contribution in [3.8, 4) is 0 Å². The van der Waals surface area contributed by atoms with Gasteiger partial charge in [0, 0.05) is 12.1 Å². The molecule has 2 N–H and O–H groups in total. The summed E-state index contributed by atoms with van der Waals surface area (Å²) in [4.78, 5) is 2.37. The maximum Gasteiger partial charge on any atom is 0.213 e. The molecule has 1 saturated heterocycles. The lowest BCUT2D eigenvalue weighted by molar-refractivity contribution is 0.293. The highest BCUT2D eigenvalue weighted by molar-refractivity contribution is 7.89. The molecule has 0 bridgehead atoms. The summed E-state index contributed by atoms with van der Waals surface area (Å²) in [6, 6.07) is 0.147. The molecular weight excluding hydrogens is 286 g/mol. The van der Waals surface area contributed by atoms with E-state index in [1.165, 1.54) is 0 Å². The van der Waals surface area contributed by atoms with Crippen LogP contribution in [0.3, 0.4) is 0 Å². The molecule has 1 rings (SSSR count). The molecule has 2 unspecified atom stereocenters. The van der Waals surface area contributed by atoms with Crippen LogP contribution in [0.1, 0.15) is 52.9 Å². The van der Waals surface area contributed by atoms with Crippen LogP contribution in [0, 0.1) is 0 Å². The van der Waals surface area contributed by atoms with Crippen molar-refractivity contribution in [2.24, 2.45) is 0 Å².